The highest BCUT2D eigenvalue weighted by atomic mass is 32.2. The van der Waals surface area contributed by atoms with Crippen molar-refractivity contribution in [2.75, 3.05) is 5.75 Å². The number of oxime groups is 1. The fourth-order valence-electron chi connectivity index (χ4n) is 2.18. The second-order valence-electron chi connectivity index (χ2n) is 4.85. The van der Waals surface area contributed by atoms with Crippen LogP contribution in [0.1, 0.15) is 32.6 Å². The molecule has 0 bridgehead atoms. The smallest absolute Gasteiger partial charge is 0.399 e. The Labute approximate surface area is 109 Å². The summed E-state index contributed by atoms with van der Waals surface area (Å²) in [6.45, 7) is 2.12. The molecule has 1 aliphatic carbocycles. The van der Waals surface area contributed by atoms with Crippen LogP contribution in [0.5, 0.6) is 0 Å². The average molecular weight is 284 g/mol. The molecule has 0 aromatic carbocycles. The topological polar surface area (TPSA) is 58.6 Å². The standard InChI is InChI=1S/C11H19F3N2OS/c1-7-3-2-4-8(5-7)18-6-9(10(15)16-17)11(12,13)14/h7-9,17H,2-6H2,1H3,(H2,15,16). The Hall–Kier alpha value is -0.590. The van der Waals surface area contributed by atoms with Crippen LogP contribution in [0.2, 0.25) is 0 Å². The first-order chi connectivity index (χ1) is 8.34. The summed E-state index contributed by atoms with van der Waals surface area (Å²) < 4.78 is 38.1. The number of alkyl halides is 3. The molecule has 7 heteroatoms. The molecule has 0 aliphatic heterocycles. The van der Waals surface area contributed by atoms with Gasteiger partial charge in [0, 0.05) is 11.0 Å². The van der Waals surface area contributed by atoms with E-state index in [1.165, 1.54) is 11.8 Å². The Morgan fingerprint density at radius 3 is 2.67 bits per heavy atom. The Morgan fingerprint density at radius 1 is 1.50 bits per heavy atom. The molecule has 0 radical (unpaired) electrons. The van der Waals surface area contributed by atoms with E-state index in [2.05, 4.69) is 12.1 Å². The SMILES string of the molecule is CC1CCCC(SCC(C(N)=NO)C(F)(F)F)C1. The van der Waals surface area contributed by atoms with E-state index in [0.29, 0.717) is 5.92 Å². The highest BCUT2D eigenvalue weighted by Gasteiger charge is 2.43. The summed E-state index contributed by atoms with van der Waals surface area (Å²) in [7, 11) is 0. The molecule has 1 saturated carbocycles. The molecule has 1 aliphatic rings. The normalized spacial score (nSPS) is 28.1. The van der Waals surface area contributed by atoms with Gasteiger partial charge in [0.15, 0.2) is 5.84 Å². The molecule has 3 unspecified atom stereocenters. The van der Waals surface area contributed by atoms with Crippen LogP contribution in [0.4, 0.5) is 13.2 Å². The zero-order valence-electron chi connectivity index (χ0n) is 10.3. The molecule has 1 rings (SSSR count). The minimum absolute atomic E-state index is 0.170. The second kappa shape index (κ2) is 6.54. The van der Waals surface area contributed by atoms with E-state index in [1.54, 1.807) is 0 Å². The molecule has 3 atom stereocenters. The molecule has 3 N–H and O–H groups in total. The van der Waals surface area contributed by atoms with Crippen molar-refractivity contribution >= 4 is 17.6 Å². The number of nitrogens with two attached hydrogens (primary N) is 1. The van der Waals surface area contributed by atoms with Crippen LogP contribution in [-0.4, -0.2) is 28.2 Å². The first-order valence-electron chi connectivity index (χ1n) is 6.00. The summed E-state index contributed by atoms with van der Waals surface area (Å²) in [6, 6.07) is 0. The van der Waals surface area contributed by atoms with Crippen LogP contribution < -0.4 is 5.73 Å². The van der Waals surface area contributed by atoms with Crippen LogP contribution in [0.15, 0.2) is 5.16 Å². The van der Waals surface area contributed by atoms with E-state index in [0.717, 1.165) is 25.7 Å². The molecule has 106 valence electrons. The monoisotopic (exact) mass is 284 g/mol. The Kier molecular flexibility index (Phi) is 5.62. The Bertz CT molecular complexity index is 297. The van der Waals surface area contributed by atoms with E-state index < -0.39 is 17.9 Å². The maximum Gasteiger partial charge on any atom is 0.399 e. The Balaban J connectivity index is 2.52. The number of amidine groups is 1. The zero-order chi connectivity index (χ0) is 13.8. The first kappa shape index (κ1) is 15.5. The molecule has 0 aromatic heterocycles. The minimum Gasteiger partial charge on any atom is -0.409 e. The predicted octanol–water partition coefficient (Wildman–Crippen LogP) is 3.22. The molecule has 0 amide bonds. The van der Waals surface area contributed by atoms with Gasteiger partial charge >= 0.3 is 6.18 Å². The maximum atomic E-state index is 12.7. The van der Waals surface area contributed by atoms with Gasteiger partial charge in [-0.25, -0.2) is 0 Å². The molecule has 0 spiro atoms. The summed E-state index contributed by atoms with van der Waals surface area (Å²) in [4.78, 5) is 0. The van der Waals surface area contributed by atoms with Crippen LogP contribution >= 0.6 is 11.8 Å². The van der Waals surface area contributed by atoms with Gasteiger partial charge in [-0.3, -0.25) is 0 Å². The average Bonchev–Trinajstić information content (AvgIpc) is 2.27. The van der Waals surface area contributed by atoms with Crippen LogP contribution in [0.25, 0.3) is 0 Å². The van der Waals surface area contributed by atoms with E-state index in [1.807, 2.05) is 0 Å². The van der Waals surface area contributed by atoms with Gasteiger partial charge in [0.25, 0.3) is 0 Å². The quantitative estimate of drug-likeness (QED) is 0.361. The largest absolute Gasteiger partial charge is 0.409 e. The molecular formula is C11H19F3N2OS. The third-order valence-corrected chi connectivity index (χ3v) is 4.68. The second-order valence-corrected chi connectivity index (χ2v) is 6.18. The number of halogens is 3. The third kappa shape index (κ3) is 4.59. The summed E-state index contributed by atoms with van der Waals surface area (Å²) in [5.74, 6) is -2.20. The molecule has 0 saturated heterocycles. The van der Waals surface area contributed by atoms with Crippen molar-refractivity contribution < 1.29 is 18.4 Å². The van der Waals surface area contributed by atoms with Gasteiger partial charge in [0.2, 0.25) is 0 Å². The van der Waals surface area contributed by atoms with E-state index in [9.17, 15) is 13.2 Å². The summed E-state index contributed by atoms with van der Waals surface area (Å²) in [5, 5.41) is 11.2. The van der Waals surface area contributed by atoms with Crippen molar-refractivity contribution in [1.82, 2.24) is 0 Å². The van der Waals surface area contributed by atoms with Gasteiger partial charge in [-0.1, -0.05) is 24.9 Å². The van der Waals surface area contributed by atoms with E-state index in [4.69, 9.17) is 10.9 Å². The molecule has 3 nitrogen and oxygen atoms in total. The van der Waals surface area contributed by atoms with Gasteiger partial charge in [0.05, 0.1) is 0 Å². The lowest BCUT2D eigenvalue weighted by atomic mass is 9.91. The van der Waals surface area contributed by atoms with Crippen molar-refractivity contribution in [3.63, 3.8) is 0 Å². The third-order valence-electron chi connectivity index (χ3n) is 3.25. The lowest BCUT2D eigenvalue weighted by Crippen LogP contribution is -2.38. The number of hydrogen-bond donors (Lipinski definition) is 2. The van der Waals surface area contributed by atoms with Gasteiger partial charge in [-0.05, 0) is 18.8 Å². The fourth-order valence-corrected chi connectivity index (χ4v) is 3.80. The highest BCUT2D eigenvalue weighted by Crippen LogP contribution is 2.36. The van der Waals surface area contributed by atoms with Crippen LogP contribution in [-0.2, 0) is 0 Å². The molecular weight excluding hydrogens is 265 g/mol. The highest BCUT2D eigenvalue weighted by molar-refractivity contribution is 7.99. The van der Waals surface area contributed by atoms with E-state index in [-0.39, 0.29) is 11.0 Å². The van der Waals surface area contributed by atoms with Crippen LogP contribution in [0.3, 0.4) is 0 Å². The molecule has 0 aromatic rings. The molecule has 0 heterocycles. The van der Waals surface area contributed by atoms with Crippen molar-refractivity contribution in [1.29, 1.82) is 0 Å². The van der Waals surface area contributed by atoms with Crippen molar-refractivity contribution in [3.8, 4) is 0 Å². The lowest BCUT2D eigenvalue weighted by molar-refractivity contribution is -0.150. The number of hydrogen-bond acceptors (Lipinski definition) is 3. The summed E-state index contributed by atoms with van der Waals surface area (Å²) in [5.41, 5.74) is 5.11. The van der Waals surface area contributed by atoms with Gasteiger partial charge in [-0.2, -0.15) is 24.9 Å². The number of nitrogens with zero attached hydrogens (tertiary/aromatic N) is 1. The van der Waals surface area contributed by atoms with Crippen molar-refractivity contribution in [2.45, 2.75) is 44.0 Å². The molecule has 1 fully saturated rings. The van der Waals surface area contributed by atoms with Gasteiger partial charge < -0.3 is 10.9 Å². The Morgan fingerprint density at radius 2 is 2.17 bits per heavy atom. The maximum absolute atomic E-state index is 12.7. The fraction of sp³-hybridized carbons (Fsp3) is 0.909. The van der Waals surface area contributed by atoms with Crippen molar-refractivity contribution in [3.05, 3.63) is 0 Å². The van der Waals surface area contributed by atoms with Crippen LogP contribution in [0, 0.1) is 11.8 Å². The van der Waals surface area contributed by atoms with Gasteiger partial charge in [-0.15, -0.1) is 0 Å². The minimum atomic E-state index is -4.45. The summed E-state index contributed by atoms with van der Waals surface area (Å²) in [6.07, 6.45) is -0.330. The number of thioether (sulfide) groups is 1. The predicted molar refractivity (Wildman–Crippen MR) is 66.8 cm³/mol. The lowest BCUT2D eigenvalue weighted by Gasteiger charge is -2.28. The summed E-state index contributed by atoms with van der Waals surface area (Å²) >= 11 is 1.29. The van der Waals surface area contributed by atoms with Crippen molar-refractivity contribution in [2.24, 2.45) is 22.7 Å². The zero-order valence-corrected chi connectivity index (χ0v) is 11.1. The van der Waals surface area contributed by atoms with Gasteiger partial charge in [0.1, 0.15) is 5.92 Å². The first-order valence-corrected chi connectivity index (χ1v) is 7.05. The molecule has 18 heavy (non-hydrogen) atoms. The number of rotatable bonds is 4. The van der Waals surface area contributed by atoms with E-state index >= 15 is 0 Å².